The minimum Gasteiger partial charge on any atom is -0.368 e. The second-order valence-electron chi connectivity index (χ2n) is 6.32. The molecule has 0 aromatic heterocycles. The van der Waals surface area contributed by atoms with Gasteiger partial charge in [0.1, 0.15) is 0 Å². The van der Waals surface area contributed by atoms with Crippen LogP contribution in [0.15, 0.2) is 103 Å². The lowest BCUT2D eigenvalue weighted by Crippen LogP contribution is -2.45. The number of rotatable bonds is 4. The summed E-state index contributed by atoms with van der Waals surface area (Å²) >= 11 is 0. The van der Waals surface area contributed by atoms with Crippen LogP contribution in [0.25, 0.3) is 0 Å². The molecule has 0 saturated heterocycles. The van der Waals surface area contributed by atoms with Crippen LogP contribution in [-0.2, 0) is 0 Å². The smallest absolute Gasteiger partial charge is 0.333 e. The first-order valence-corrected chi connectivity index (χ1v) is 8.96. The molecule has 0 bridgehead atoms. The zero-order chi connectivity index (χ0) is 19.1. The fourth-order valence-electron chi connectivity index (χ4n) is 2.89. The van der Waals surface area contributed by atoms with Crippen molar-refractivity contribution in [2.75, 3.05) is 4.90 Å². The first-order chi connectivity index (χ1) is 13.2. The summed E-state index contributed by atoms with van der Waals surface area (Å²) in [4.78, 5) is 17.2. The highest BCUT2D eigenvalue weighted by Gasteiger charge is 2.28. The van der Waals surface area contributed by atoms with Gasteiger partial charge >= 0.3 is 6.03 Å². The average Bonchev–Trinajstić information content (AvgIpc) is 3.08. The second-order valence-corrected chi connectivity index (χ2v) is 6.32. The minimum absolute atomic E-state index is 0.00421. The number of nitrogens with zero attached hydrogens (tertiary/aromatic N) is 2. The molecule has 2 aliphatic heterocycles. The van der Waals surface area contributed by atoms with Crippen LogP contribution in [0.5, 0.6) is 0 Å². The third kappa shape index (κ3) is 4.39. The number of carbonyl (C=O) groups excluding carboxylic acids is 1. The standard InChI is InChI=1S/C22H24N4O/c1-18(2)25(19-8-4-3-5-9-19)22(27)26(20-10-6-14-23-16-12-20)21-11-7-15-24-17-13-21/h3-18,23-24H,1-2H3. The molecule has 3 rings (SSSR count). The van der Waals surface area contributed by atoms with Gasteiger partial charge < -0.3 is 10.6 Å². The number of anilines is 1. The molecule has 0 fully saturated rings. The van der Waals surface area contributed by atoms with Gasteiger partial charge in [0.15, 0.2) is 0 Å². The van der Waals surface area contributed by atoms with Crippen LogP contribution in [0.2, 0.25) is 0 Å². The summed E-state index contributed by atoms with van der Waals surface area (Å²) in [5, 5.41) is 6.08. The number of hydrogen-bond donors (Lipinski definition) is 2. The Morgan fingerprint density at radius 3 is 1.93 bits per heavy atom. The fourth-order valence-corrected chi connectivity index (χ4v) is 2.89. The predicted octanol–water partition coefficient (Wildman–Crippen LogP) is 4.35. The summed E-state index contributed by atoms with van der Waals surface area (Å²) in [6.07, 6.45) is 18.6. The molecule has 0 atom stereocenters. The van der Waals surface area contributed by atoms with Crippen LogP contribution >= 0.6 is 0 Å². The summed E-state index contributed by atoms with van der Waals surface area (Å²) in [6.45, 7) is 4.03. The maximum Gasteiger partial charge on any atom is 0.333 e. The highest BCUT2D eigenvalue weighted by molar-refractivity contribution is 5.95. The van der Waals surface area contributed by atoms with Gasteiger partial charge in [-0.05, 0) is 62.4 Å². The van der Waals surface area contributed by atoms with Gasteiger partial charge in [-0.1, -0.05) is 18.2 Å². The molecule has 2 aliphatic rings. The summed E-state index contributed by atoms with van der Waals surface area (Å²) < 4.78 is 0. The first kappa shape index (κ1) is 18.3. The third-order valence-corrected chi connectivity index (χ3v) is 4.08. The van der Waals surface area contributed by atoms with Crippen molar-refractivity contribution in [1.82, 2.24) is 15.5 Å². The Balaban J connectivity index is 2.07. The Labute approximate surface area is 160 Å². The Morgan fingerprint density at radius 1 is 0.852 bits per heavy atom. The van der Waals surface area contributed by atoms with Gasteiger partial charge in [-0.3, -0.25) is 9.80 Å². The highest BCUT2D eigenvalue weighted by Crippen LogP contribution is 2.25. The molecule has 0 aliphatic carbocycles. The Hall–Kier alpha value is -3.47. The maximum atomic E-state index is 13.7. The zero-order valence-electron chi connectivity index (χ0n) is 15.5. The first-order valence-electron chi connectivity index (χ1n) is 8.96. The maximum absolute atomic E-state index is 13.7. The van der Waals surface area contributed by atoms with Gasteiger partial charge in [-0.15, -0.1) is 0 Å². The van der Waals surface area contributed by atoms with E-state index in [1.807, 2.05) is 105 Å². The van der Waals surface area contributed by atoms with Crippen LogP contribution in [0.1, 0.15) is 13.8 Å². The molecule has 1 aromatic carbocycles. The highest BCUT2D eigenvalue weighted by atomic mass is 16.2. The largest absolute Gasteiger partial charge is 0.368 e. The number of para-hydroxylation sites is 1. The molecular weight excluding hydrogens is 336 g/mol. The van der Waals surface area contributed by atoms with Gasteiger partial charge in [0, 0.05) is 36.5 Å². The van der Waals surface area contributed by atoms with Crippen molar-refractivity contribution in [1.29, 1.82) is 0 Å². The number of allylic oxidation sites excluding steroid dienone is 6. The molecule has 0 spiro atoms. The van der Waals surface area contributed by atoms with Crippen molar-refractivity contribution >= 4 is 11.7 Å². The van der Waals surface area contributed by atoms with Crippen molar-refractivity contribution in [3.63, 3.8) is 0 Å². The van der Waals surface area contributed by atoms with E-state index in [9.17, 15) is 4.79 Å². The van der Waals surface area contributed by atoms with E-state index in [2.05, 4.69) is 10.6 Å². The monoisotopic (exact) mass is 360 g/mol. The Morgan fingerprint density at radius 2 is 1.41 bits per heavy atom. The van der Waals surface area contributed by atoms with Gasteiger partial charge in [0.2, 0.25) is 0 Å². The van der Waals surface area contributed by atoms with Gasteiger partial charge in [0.05, 0.1) is 11.4 Å². The lowest BCUT2D eigenvalue weighted by atomic mass is 10.2. The summed E-state index contributed by atoms with van der Waals surface area (Å²) in [5.41, 5.74) is 2.41. The van der Waals surface area contributed by atoms with Crippen molar-refractivity contribution in [2.24, 2.45) is 0 Å². The van der Waals surface area contributed by atoms with E-state index < -0.39 is 0 Å². The topological polar surface area (TPSA) is 47.6 Å². The Kier molecular flexibility index (Phi) is 5.94. The quantitative estimate of drug-likeness (QED) is 0.839. The van der Waals surface area contributed by atoms with E-state index in [1.165, 1.54) is 0 Å². The van der Waals surface area contributed by atoms with E-state index in [4.69, 9.17) is 0 Å². The average molecular weight is 360 g/mol. The van der Waals surface area contributed by atoms with Gasteiger partial charge in [0.25, 0.3) is 0 Å². The number of hydrogen-bond acceptors (Lipinski definition) is 3. The molecule has 2 heterocycles. The SMILES string of the molecule is CC(C)N(C(=O)N(C1=CC=CNC=C1)C1=CC=CNC=C1)c1ccccc1. The predicted molar refractivity (Wildman–Crippen MR) is 110 cm³/mol. The molecule has 1 aromatic rings. The number of benzene rings is 1. The fraction of sp³-hybridized carbons (Fsp3) is 0.136. The van der Waals surface area contributed by atoms with E-state index in [-0.39, 0.29) is 12.1 Å². The van der Waals surface area contributed by atoms with Crippen LogP contribution < -0.4 is 15.5 Å². The molecule has 0 radical (unpaired) electrons. The van der Waals surface area contributed by atoms with Crippen molar-refractivity contribution in [3.8, 4) is 0 Å². The van der Waals surface area contributed by atoms with Gasteiger partial charge in [-0.2, -0.15) is 0 Å². The summed E-state index contributed by atoms with van der Waals surface area (Å²) in [6, 6.07) is 9.61. The molecule has 27 heavy (non-hydrogen) atoms. The van der Waals surface area contributed by atoms with E-state index in [1.54, 1.807) is 9.80 Å². The lowest BCUT2D eigenvalue weighted by molar-refractivity contribution is 0.227. The second kappa shape index (κ2) is 8.76. The number of urea groups is 1. The van der Waals surface area contributed by atoms with Crippen LogP contribution in [0.3, 0.4) is 0 Å². The minimum atomic E-state index is -0.117. The summed E-state index contributed by atoms with van der Waals surface area (Å²) in [7, 11) is 0. The van der Waals surface area contributed by atoms with Crippen LogP contribution in [0, 0.1) is 0 Å². The van der Waals surface area contributed by atoms with E-state index in [0.717, 1.165) is 17.1 Å². The van der Waals surface area contributed by atoms with Gasteiger partial charge in [-0.25, -0.2) is 4.79 Å². The van der Waals surface area contributed by atoms with Crippen molar-refractivity contribution < 1.29 is 4.79 Å². The van der Waals surface area contributed by atoms with Crippen LogP contribution in [-0.4, -0.2) is 17.0 Å². The molecule has 5 nitrogen and oxygen atoms in total. The van der Waals surface area contributed by atoms with E-state index in [0.29, 0.717) is 0 Å². The Bertz CT molecular complexity index is 804. The number of carbonyl (C=O) groups is 1. The molecule has 2 N–H and O–H groups in total. The molecule has 2 amide bonds. The summed E-state index contributed by atoms with van der Waals surface area (Å²) in [5.74, 6) is 0. The normalized spacial score (nSPS) is 15.2. The molecule has 138 valence electrons. The molecule has 0 saturated carbocycles. The molecular formula is C22H24N4O. The zero-order valence-corrected chi connectivity index (χ0v) is 15.5. The van der Waals surface area contributed by atoms with E-state index >= 15 is 0 Å². The third-order valence-electron chi connectivity index (χ3n) is 4.08. The van der Waals surface area contributed by atoms with Crippen LogP contribution in [0.4, 0.5) is 10.5 Å². The molecule has 0 unspecified atom stereocenters. The lowest BCUT2D eigenvalue weighted by Gasteiger charge is -2.34. The van der Waals surface area contributed by atoms with Crippen molar-refractivity contribution in [3.05, 3.63) is 103 Å². The van der Waals surface area contributed by atoms with Crippen molar-refractivity contribution in [2.45, 2.75) is 19.9 Å². The number of amides is 2. The molecule has 5 heteroatoms. The number of nitrogens with one attached hydrogen (secondary N) is 2.